The smallest absolute Gasteiger partial charge is 0.224 e. The Hall–Kier alpha value is -2.04. The molecule has 0 aliphatic carbocycles. The van der Waals surface area contributed by atoms with Crippen LogP contribution in [0.3, 0.4) is 0 Å². The van der Waals surface area contributed by atoms with Gasteiger partial charge < -0.3 is 14.8 Å². The van der Waals surface area contributed by atoms with E-state index in [1.165, 1.54) is 5.56 Å². The fraction of sp³-hybridized carbons (Fsp3) is 0.381. The van der Waals surface area contributed by atoms with Crippen molar-refractivity contribution < 1.29 is 14.3 Å². The van der Waals surface area contributed by atoms with Crippen LogP contribution in [0.2, 0.25) is 5.02 Å². The largest absolute Gasteiger partial charge is 0.489 e. The van der Waals surface area contributed by atoms with Gasteiger partial charge in [-0.05, 0) is 49.9 Å². The van der Waals surface area contributed by atoms with Gasteiger partial charge in [0.2, 0.25) is 5.91 Å². The predicted molar refractivity (Wildman–Crippen MR) is 104 cm³/mol. The maximum absolute atomic E-state index is 12.3. The molecule has 0 spiro atoms. The molecule has 138 valence electrons. The van der Waals surface area contributed by atoms with E-state index < -0.39 is 0 Å². The molecule has 0 aromatic heterocycles. The van der Waals surface area contributed by atoms with Gasteiger partial charge in [-0.1, -0.05) is 41.4 Å². The number of hydrogen-bond donors (Lipinski definition) is 1. The van der Waals surface area contributed by atoms with Crippen LogP contribution in [0.25, 0.3) is 0 Å². The third kappa shape index (κ3) is 5.48. The van der Waals surface area contributed by atoms with Crippen LogP contribution < -0.4 is 10.1 Å². The minimum atomic E-state index is -0.0604. The van der Waals surface area contributed by atoms with Gasteiger partial charge in [-0.25, -0.2) is 0 Å². The summed E-state index contributed by atoms with van der Waals surface area (Å²) < 4.78 is 11.4. The van der Waals surface area contributed by atoms with E-state index >= 15 is 0 Å². The highest BCUT2D eigenvalue weighted by Crippen LogP contribution is 2.29. The number of carbonyl (C=O) groups is 1. The van der Waals surface area contributed by atoms with Crippen molar-refractivity contribution in [3.8, 4) is 5.75 Å². The van der Waals surface area contributed by atoms with Crippen LogP contribution in [0.15, 0.2) is 42.5 Å². The lowest BCUT2D eigenvalue weighted by molar-refractivity contribution is -0.116. The maximum atomic E-state index is 12.3. The molecule has 2 aromatic rings. The Labute approximate surface area is 159 Å². The van der Waals surface area contributed by atoms with E-state index in [1.807, 2.05) is 6.92 Å². The standard InChI is InChI=1S/C21H24ClNO3/c1-15-4-6-16(7-5-15)8-11-21(24)23-19-13-17(22)9-10-20(19)26-14-18-3-2-12-25-18/h4-7,9-10,13,18H,2-3,8,11-12,14H2,1H3,(H,23,24). The molecule has 4 nitrogen and oxygen atoms in total. The molecule has 5 heteroatoms. The molecule has 1 fully saturated rings. The predicted octanol–water partition coefficient (Wildman–Crippen LogP) is 4.78. The summed E-state index contributed by atoms with van der Waals surface area (Å²) in [5, 5.41) is 3.48. The lowest BCUT2D eigenvalue weighted by Gasteiger charge is -2.15. The summed E-state index contributed by atoms with van der Waals surface area (Å²) in [6.07, 6.45) is 3.29. The highest BCUT2D eigenvalue weighted by molar-refractivity contribution is 6.31. The molecule has 1 N–H and O–H groups in total. The first-order chi connectivity index (χ1) is 12.6. The van der Waals surface area contributed by atoms with Crippen molar-refractivity contribution >= 4 is 23.2 Å². The minimum absolute atomic E-state index is 0.0604. The molecule has 1 atom stereocenters. The van der Waals surface area contributed by atoms with Gasteiger partial charge in [0, 0.05) is 18.1 Å². The van der Waals surface area contributed by atoms with Gasteiger partial charge in [0.25, 0.3) is 0 Å². The van der Waals surface area contributed by atoms with Crippen LogP contribution in [0, 0.1) is 6.92 Å². The summed E-state index contributed by atoms with van der Waals surface area (Å²) in [6.45, 7) is 3.32. The molecule has 3 rings (SSSR count). The zero-order valence-electron chi connectivity index (χ0n) is 15.0. The summed E-state index contributed by atoms with van der Waals surface area (Å²) in [7, 11) is 0. The van der Waals surface area contributed by atoms with Crippen LogP contribution in [0.5, 0.6) is 5.75 Å². The first-order valence-corrected chi connectivity index (χ1v) is 9.37. The molecule has 0 bridgehead atoms. The van der Waals surface area contributed by atoms with Gasteiger partial charge >= 0.3 is 0 Å². The van der Waals surface area contributed by atoms with E-state index in [-0.39, 0.29) is 12.0 Å². The van der Waals surface area contributed by atoms with Crippen molar-refractivity contribution in [1.29, 1.82) is 0 Å². The zero-order valence-corrected chi connectivity index (χ0v) is 15.7. The first kappa shape index (κ1) is 18.7. The summed E-state index contributed by atoms with van der Waals surface area (Å²) in [6, 6.07) is 13.5. The van der Waals surface area contributed by atoms with Crippen molar-refractivity contribution in [3.05, 3.63) is 58.6 Å². The number of amides is 1. The molecular weight excluding hydrogens is 350 g/mol. The molecule has 2 aromatic carbocycles. The quantitative estimate of drug-likeness (QED) is 0.759. The van der Waals surface area contributed by atoms with E-state index in [4.69, 9.17) is 21.1 Å². The van der Waals surface area contributed by atoms with Crippen LogP contribution in [-0.2, 0) is 16.0 Å². The Morgan fingerprint density at radius 3 is 2.81 bits per heavy atom. The molecule has 1 unspecified atom stereocenters. The number of carbonyl (C=O) groups excluding carboxylic acids is 1. The van der Waals surface area contributed by atoms with Crippen LogP contribution in [0.1, 0.15) is 30.4 Å². The number of ether oxygens (including phenoxy) is 2. The van der Waals surface area contributed by atoms with E-state index in [2.05, 4.69) is 29.6 Å². The van der Waals surface area contributed by atoms with Gasteiger partial charge in [0.15, 0.2) is 0 Å². The van der Waals surface area contributed by atoms with Crippen molar-refractivity contribution in [1.82, 2.24) is 0 Å². The Bertz CT molecular complexity index is 739. The van der Waals surface area contributed by atoms with Crippen LogP contribution in [-0.4, -0.2) is 25.2 Å². The topological polar surface area (TPSA) is 47.6 Å². The lowest BCUT2D eigenvalue weighted by Crippen LogP contribution is -2.18. The average Bonchev–Trinajstić information content (AvgIpc) is 3.14. The summed E-state index contributed by atoms with van der Waals surface area (Å²) >= 11 is 6.08. The number of hydrogen-bond acceptors (Lipinski definition) is 3. The van der Waals surface area contributed by atoms with E-state index in [9.17, 15) is 4.79 Å². The number of benzene rings is 2. The first-order valence-electron chi connectivity index (χ1n) is 8.99. The molecule has 0 saturated carbocycles. The van der Waals surface area contributed by atoms with Gasteiger partial charge in [-0.3, -0.25) is 4.79 Å². The number of nitrogens with one attached hydrogen (secondary N) is 1. The SMILES string of the molecule is Cc1ccc(CCC(=O)Nc2cc(Cl)ccc2OCC2CCCO2)cc1. The normalized spacial score (nSPS) is 16.5. The van der Waals surface area contributed by atoms with E-state index in [0.717, 1.165) is 25.0 Å². The molecule has 0 radical (unpaired) electrons. The molecule has 1 saturated heterocycles. The highest BCUT2D eigenvalue weighted by atomic mass is 35.5. The summed E-state index contributed by atoms with van der Waals surface area (Å²) in [5.41, 5.74) is 2.96. The molecule has 1 aliphatic rings. The van der Waals surface area contributed by atoms with Gasteiger partial charge in [0.05, 0.1) is 11.8 Å². The summed E-state index contributed by atoms with van der Waals surface area (Å²) in [4.78, 5) is 12.3. The number of halogens is 1. The second-order valence-electron chi connectivity index (χ2n) is 6.62. The summed E-state index contributed by atoms with van der Waals surface area (Å²) in [5.74, 6) is 0.559. The zero-order chi connectivity index (χ0) is 18.4. The van der Waals surface area contributed by atoms with Crippen molar-refractivity contribution in [2.24, 2.45) is 0 Å². The van der Waals surface area contributed by atoms with Crippen molar-refractivity contribution in [2.75, 3.05) is 18.5 Å². The maximum Gasteiger partial charge on any atom is 0.224 e. The molecular formula is C21H24ClNO3. The number of aryl methyl sites for hydroxylation is 2. The Kier molecular flexibility index (Phi) is 6.53. The average molecular weight is 374 g/mol. The van der Waals surface area contributed by atoms with E-state index in [1.54, 1.807) is 18.2 Å². The van der Waals surface area contributed by atoms with Crippen molar-refractivity contribution in [2.45, 2.75) is 38.7 Å². The second kappa shape index (κ2) is 9.06. The minimum Gasteiger partial charge on any atom is -0.489 e. The van der Waals surface area contributed by atoms with E-state index in [0.29, 0.717) is 35.9 Å². The van der Waals surface area contributed by atoms with Gasteiger partial charge in [-0.15, -0.1) is 0 Å². The third-order valence-electron chi connectivity index (χ3n) is 4.43. The number of anilines is 1. The molecule has 26 heavy (non-hydrogen) atoms. The Morgan fingerprint density at radius 2 is 2.08 bits per heavy atom. The molecule has 1 amide bonds. The van der Waals surface area contributed by atoms with Gasteiger partial charge in [-0.2, -0.15) is 0 Å². The van der Waals surface area contributed by atoms with Crippen molar-refractivity contribution in [3.63, 3.8) is 0 Å². The second-order valence-corrected chi connectivity index (χ2v) is 7.06. The highest BCUT2D eigenvalue weighted by Gasteiger charge is 2.17. The number of rotatable bonds is 7. The fourth-order valence-corrected chi connectivity index (χ4v) is 3.08. The lowest BCUT2D eigenvalue weighted by atomic mass is 10.1. The molecule has 1 heterocycles. The monoisotopic (exact) mass is 373 g/mol. The molecule has 1 aliphatic heterocycles. The van der Waals surface area contributed by atoms with Gasteiger partial charge in [0.1, 0.15) is 12.4 Å². The Morgan fingerprint density at radius 1 is 1.27 bits per heavy atom. The Balaban J connectivity index is 1.57. The fourth-order valence-electron chi connectivity index (χ4n) is 2.91. The third-order valence-corrected chi connectivity index (χ3v) is 4.66. The van der Waals surface area contributed by atoms with Crippen LogP contribution in [0.4, 0.5) is 5.69 Å². The van der Waals surface area contributed by atoms with Crippen LogP contribution >= 0.6 is 11.6 Å².